The van der Waals surface area contributed by atoms with Gasteiger partial charge in [-0.05, 0) is 32.6 Å². The normalized spacial score (nSPS) is 30.4. The monoisotopic (exact) mass is 196 g/mol. The molecule has 0 aromatic carbocycles. The number of rotatable bonds is 1. The molecule has 3 nitrogen and oxygen atoms in total. The van der Waals surface area contributed by atoms with E-state index in [1.807, 2.05) is 0 Å². The average Bonchev–Trinajstić information content (AvgIpc) is 2.44. The van der Waals surface area contributed by atoms with Gasteiger partial charge in [-0.2, -0.15) is 0 Å². The number of ketones is 1. The van der Waals surface area contributed by atoms with Gasteiger partial charge in [-0.25, -0.2) is 0 Å². The number of hydrogen-bond acceptors (Lipinski definition) is 3. The third-order valence-corrected chi connectivity index (χ3v) is 3.51. The van der Waals surface area contributed by atoms with Crippen LogP contribution in [0, 0.1) is 5.92 Å². The summed E-state index contributed by atoms with van der Waals surface area (Å²) >= 11 is 0. The summed E-state index contributed by atoms with van der Waals surface area (Å²) in [6.07, 6.45) is 5.42. The summed E-state index contributed by atoms with van der Waals surface area (Å²) in [6, 6.07) is 0. The molecule has 0 N–H and O–H groups in total. The molecule has 1 heterocycles. The molecule has 1 unspecified atom stereocenters. The Bertz CT molecular complexity index is 264. The standard InChI is InChI=1S/C11H16O3/c1-8(12)9-7-10(13)14-11(9)5-3-2-4-6-11/h9H,2-7H2,1H3. The maximum absolute atomic E-state index is 11.4. The van der Waals surface area contributed by atoms with Crippen molar-refractivity contribution in [3.05, 3.63) is 0 Å². The van der Waals surface area contributed by atoms with Crippen LogP contribution in [-0.2, 0) is 14.3 Å². The summed E-state index contributed by atoms with van der Waals surface area (Å²) < 4.78 is 5.40. The van der Waals surface area contributed by atoms with Crippen molar-refractivity contribution in [2.75, 3.05) is 0 Å². The van der Waals surface area contributed by atoms with Crippen molar-refractivity contribution < 1.29 is 14.3 Å². The van der Waals surface area contributed by atoms with Gasteiger partial charge in [0.15, 0.2) is 0 Å². The van der Waals surface area contributed by atoms with E-state index in [4.69, 9.17) is 4.74 Å². The summed E-state index contributed by atoms with van der Waals surface area (Å²) in [6.45, 7) is 1.57. The van der Waals surface area contributed by atoms with Crippen LogP contribution in [-0.4, -0.2) is 17.4 Å². The number of esters is 1. The smallest absolute Gasteiger partial charge is 0.307 e. The summed E-state index contributed by atoms with van der Waals surface area (Å²) in [7, 11) is 0. The molecule has 0 aromatic rings. The SMILES string of the molecule is CC(=O)C1CC(=O)OC12CCCCC2. The molecule has 0 radical (unpaired) electrons. The van der Waals surface area contributed by atoms with Crippen LogP contribution in [0.25, 0.3) is 0 Å². The first-order valence-corrected chi connectivity index (χ1v) is 5.36. The van der Waals surface area contributed by atoms with Gasteiger partial charge < -0.3 is 4.74 Å². The van der Waals surface area contributed by atoms with E-state index >= 15 is 0 Å². The molecule has 0 aromatic heterocycles. The molecule has 0 bridgehead atoms. The fraction of sp³-hybridized carbons (Fsp3) is 0.818. The number of hydrogen-bond donors (Lipinski definition) is 0. The van der Waals surface area contributed by atoms with Gasteiger partial charge in [-0.3, -0.25) is 9.59 Å². The lowest BCUT2D eigenvalue weighted by molar-refractivity contribution is -0.153. The quantitative estimate of drug-likeness (QED) is 0.601. The molecule has 2 fully saturated rings. The highest BCUT2D eigenvalue weighted by Gasteiger charge is 2.51. The molecule has 14 heavy (non-hydrogen) atoms. The van der Waals surface area contributed by atoms with Gasteiger partial charge in [0, 0.05) is 0 Å². The Morgan fingerprint density at radius 2 is 2.00 bits per heavy atom. The highest BCUT2D eigenvalue weighted by Crippen LogP contribution is 2.44. The van der Waals surface area contributed by atoms with E-state index in [1.54, 1.807) is 6.92 Å². The number of Topliss-reactive ketones (excluding diaryl/α,β-unsaturated/α-hetero) is 1. The minimum Gasteiger partial charge on any atom is -0.458 e. The van der Waals surface area contributed by atoms with Crippen LogP contribution in [0.5, 0.6) is 0 Å². The predicted molar refractivity (Wildman–Crippen MR) is 50.7 cm³/mol. The van der Waals surface area contributed by atoms with Crippen molar-refractivity contribution in [2.24, 2.45) is 5.92 Å². The highest BCUT2D eigenvalue weighted by molar-refractivity contribution is 5.87. The van der Waals surface area contributed by atoms with Gasteiger partial charge in [0.2, 0.25) is 0 Å². The number of carbonyl (C=O) groups is 2. The Morgan fingerprint density at radius 1 is 1.36 bits per heavy atom. The van der Waals surface area contributed by atoms with Gasteiger partial charge in [-0.15, -0.1) is 0 Å². The Kier molecular flexibility index (Phi) is 2.33. The largest absolute Gasteiger partial charge is 0.458 e. The Morgan fingerprint density at radius 3 is 2.57 bits per heavy atom. The first kappa shape index (κ1) is 9.69. The lowest BCUT2D eigenvalue weighted by Crippen LogP contribution is -2.40. The van der Waals surface area contributed by atoms with Crippen molar-refractivity contribution in [1.82, 2.24) is 0 Å². The molecule has 1 saturated carbocycles. The van der Waals surface area contributed by atoms with E-state index < -0.39 is 5.60 Å². The third-order valence-electron chi connectivity index (χ3n) is 3.51. The maximum Gasteiger partial charge on any atom is 0.307 e. The summed E-state index contributed by atoms with van der Waals surface area (Å²) in [4.78, 5) is 22.7. The van der Waals surface area contributed by atoms with Crippen LogP contribution in [0.3, 0.4) is 0 Å². The molecule has 2 aliphatic rings. The van der Waals surface area contributed by atoms with E-state index in [0.717, 1.165) is 25.7 Å². The number of carbonyl (C=O) groups excluding carboxylic acids is 2. The zero-order valence-corrected chi connectivity index (χ0v) is 8.54. The number of ether oxygens (including phenoxy) is 1. The third kappa shape index (κ3) is 1.45. The van der Waals surface area contributed by atoms with Gasteiger partial charge in [0.25, 0.3) is 0 Å². The van der Waals surface area contributed by atoms with Crippen LogP contribution in [0.1, 0.15) is 45.4 Å². The van der Waals surface area contributed by atoms with Gasteiger partial charge in [0.1, 0.15) is 11.4 Å². The van der Waals surface area contributed by atoms with Crippen molar-refractivity contribution >= 4 is 11.8 Å². The summed E-state index contributed by atoms with van der Waals surface area (Å²) in [5.74, 6) is -0.250. The van der Waals surface area contributed by atoms with Crippen molar-refractivity contribution in [1.29, 1.82) is 0 Å². The molecular formula is C11H16O3. The molecular weight excluding hydrogens is 180 g/mol. The second-order valence-corrected chi connectivity index (χ2v) is 4.47. The van der Waals surface area contributed by atoms with Crippen LogP contribution < -0.4 is 0 Å². The predicted octanol–water partition coefficient (Wildman–Crippen LogP) is 1.84. The van der Waals surface area contributed by atoms with E-state index in [-0.39, 0.29) is 17.7 Å². The van der Waals surface area contributed by atoms with Crippen molar-refractivity contribution in [3.8, 4) is 0 Å². The Hall–Kier alpha value is -0.860. The second kappa shape index (κ2) is 3.37. The summed E-state index contributed by atoms with van der Waals surface area (Å²) in [5, 5.41) is 0. The average molecular weight is 196 g/mol. The molecule has 1 saturated heterocycles. The fourth-order valence-electron chi connectivity index (χ4n) is 2.81. The lowest BCUT2D eigenvalue weighted by Gasteiger charge is -2.35. The van der Waals surface area contributed by atoms with Crippen LogP contribution >= 0.6 is 0 Å². The Labute approximate surface area is 83.8 Å². The van der Waals surface area contributed by atoms with E-state index in [1.165, 1.54) is 6.42 Å². The zero-order valence-electron chi connectivity index (χ0n) is 8.54. The van der Waals surface area contributed by atoms with E-state index in [2.05, 4.69) is 0 Å². The lowest BCUT2D eigenvalue weighted by atomic mass is 9.74. The molecule has 1 aliphatic carbocycles. The van der Waals surface area contributed by atoms with Crippen molar-refractivity contribution in [3.63, 3.8) is 0 Å². The van der Waals surface area contributed by atoms with E-state index in [0.29, 0.717) is 6.42 Å². The summed E-state index contributed by atoms with van der Waals surface area (Å²) in [5.41, 5.74) is -0.416. The molecule has 1 atom stereocenters. The topological polar surface area (TPSA) is 43.4 Å². The molecule has 78 valence electrons. The van der Waals surface area contributed by atoms with Crippen molar-refractivity contribution in [2.45, 2.75) is 51.0 Å². The van der Waals surface area contributed by atoms with Crippen LogP contribution in [0.15, 0.2) is 0 Å². The Balaban J connectivity index is 2.21. The highest BCUT2D eigenvalue weighted by atomic mass is 16.6. The zero-order chi connectivity index (χ0) is 10.2. The molecule has 3 heteroatoms. The molecule has 0 amide bonds. The second-order valence-electron chi connectivity index (χ2n) is 4.47. The first-order valence-electron chi connectivity index (χ1n) is 5.36. The molecule has 2 rings (SSSR count). The first-order chi connectivity index (χ1) is 6.64. The van der Waals surface area contributed by atoms with Crippen LogP contribution in [0.2, 0.25) is 0 Å². The van der Waals surface area contributed by atoms with Gasteiger partial charge >= 0.3 is 5.97 Å². The minimum absolute atomic E-state index is 0.109. The van der Waals surface area contributed by atoms with Gasteiger partial charge in [0.05, 0.1) is 12.3 Å². The molecule has 1 spiro atoms. The fourth-order valence-corrected chi connectivity index (χ4v) is 2.81. The van der Waals surface area contributed by atoms with Crippen LogP contribution in [0.4, 0.5) is 0 Å². The maximum atomic E-state index is 11.4. The van der Waals surface area contributed by atoms with E-state index in [9.17, 15) is 9.59 Å². The molecule has 1 aliphatic heterocycles. The minimum atomic E-state index is -0.416. The van der Waals surface area contributed by atoms with Gasteiger partial charge in [-0.1, -0.05) is 6.42 Å².